The van der Waals surface area contributed by atoms with Crippen LogP contribution in [0.15, 0.2) is 59.0 Å². The number of furan rings is 1. The van der Waals surface area contributed by atoms with Gasteiger partial charge in [0.1, 0.15) is 28.8 Å². The molecule has 2 unspecified atom stereocenters. The largest absolute Gasteiger partial charge is 0.492 e. The highest BCUT2D eigenvalue weighted by atomic mass is 31.2. The number of hydrogen-bond acceptors (Lipinski definition) is 9. The molecule has 0 aliphatic heterocycles. The zero-order chi connectivity index (χ0) is 31.9. The Morgan fingerprint density at radius 3 is 2.43 bits per heavy atom. The lowest BCUT2D eigenvalue weighted by Crippen LogP contribution is -2.27. The van der Waals surface area contributed by atoms with Crippen molar-refractivity contribution in [1.29, 1.82) is 0 Å². The summed E-state index contributed by atoms with van der Waals surface area (Å²) in [5.41, 5.74) is 6.90. The molecule has 0 spiro atoms. The highest BCUT2D eigenvalue weighted by molar-refractivity contribution is 7.51. The third-order valence-corrected chi connectivity index (χ3v) is 9.22. The van der Waals surface area contributed by atoms with E-state index < -0.39 is 30.5 Å². The molecule has 1 aromatic heterocycles. The van der Waals surface area contributed by atoms with Crippen molar-refractivity contribution >= 4 is 25.4 Å². The van der Waals surface area contributed by atoms with Crippen LogP contribution in [-0.4, -0.2) is 42.1 Å². The molecule has 2 aromatic carbocycles. The monoisotopic (exact) mass is 628 g/mol. The molecule has 3 N–H and O–H groups in total. The zero-order valence-electron chi connectivity index (χ0n) is 24.9. The predicted molar refractivity (Wildman–Crippen MR) is 161 cm³/mol. The number of amides is 2. The summed E-state index contributed by atoms with van der Waals surface area (Å²) in [7, 11) is -0.883. The Labute approximate surface area is 255 Å². The van der Waals surface area contributed by atoms with Crippen LogP contribution in [0.3, 0.4) is 0 Å². The van der Waals surface area contributed by atoms with Gasteiger partial charge in [-0.2, -0.15) is 0 Å². The fraction of sp³-hybridized carbons (Fsp3) is 0.400. The van der Waals surface area contributed by atoms with Crippen LogP contribution < -0.4 is 20.3 Å². The van der Waals surface area contributed by atoms with Crippen molar-refractivity contribution in [2.24, 2.45) is 11.7 Å². The smallest absolute Gasteiger partial charge is 0.461 e. The van der Waals surface area contributed by atoms with Crippen molar-refractivity contribution in [3.63, 3.8) is 0 Å². The van der Waals surface area contributed by atoms with E-state index in [0.29, 0.717) is 29.4 Å². The molecule has 0 bridgehead atoms. The standard InChI is InChI=1S/C30H37N4O9P/c1-20(23-11-15-27(26(17-23)29(31)35)40-18-21-7-5-4-6-8-21)32-30(36)22-9-12-24(13-10-22)43-44(39,33(2)3)41-19-25-14-16-28(42-25)34(37)38/h9-17,20-21H,4-8,18-19H2,1-3H3,(H2,31,35)(H,32,36). The lowest BCUT2D eigenvalue weighted by Gasteiger charge is -2.23. The summed E-state index contributed by atoms with van der Waals surface area (Å²) in [5.74, 6) is -0.269. The van der Waals surface area contributed by atoms with Crippen LogP contribution in [0.4, 0.5) is 5.88 Å². The van der Waals surface area contributed by atoms with E-state index in [1.807, 2.05) is 0 Å². The maximum absolute atomic E-state index is 13.3. The molecule has 44 heavy (non-hydrogen) atoms. The normalized spacial score (nSPS) is 15.7. The topological polar surface area (TPSA) is 176 Å². The van der Waals surface area contributed by atoms with Gasteiger partial charge in [0.2, 0.25) is 0 Å². The lowest BCUT2D eigenvalue weighted by atomic mass is 9.90. The third-order valence-electron chi connectivity index (χ3n) is 7.34. The van der Waals surface area contributed by atoms with Crippen molar-refractivity contribution < 1.29 is 37.3 Å². The first-order valence-corrected chi connectivity index (χ1v) is 15.8. The van der Waals surface area contributed by atoms with E-state index in [-0.39, 0.29) is 29.6 Å². The van der Waals surface area contributed by atoms with E-state index in [0.717, 1.165) is 12.8 Å². The molecule has 1 aliphatic rings. The van der Waals surface area contributed by atoms with Crippen LogP contribution >= 0.6 is 7.75 Å². The number of rotatable bonds is 14. The first kappa shape index (κ1) is 32.7. The maximum atomic E-state index is 13.3. The number of nitrogens with one attached hydrogen (secondary N) is 1. The molecule has 1 fully saturated rings. The van der Waals surface area contributed by atoms with Crippen LogP contribution in [0.2, 0.25) is 0 Å². The summed E-state index contributed by atoms with van der Waals surface area (Å²) in [6, 6.07) is 13.2. The van der Waals surface area contributed by atoms with Crippen molar-refractivity contribution in [2.45, 2.75) is 51.7 Å². The first-order chi connectivity index (χ1) is 20.9. The van der Waals surface area contributed by atoms with Gasteiger partial charge in [-0.25, -0.2) is 9.24 Å². The fourth-order valence-corrected chi connectivity index (χ4v) is 5.90. The molecule has 3 aromatic rings. The molecule has 2 atom stereocenters. The van der Waals surface area contributed by atoms with Crippen molar-refractivity contribution in [1.82, 2.24) is 9.99 Å². The summed E-state index contributed by atoms with van der Waals surface area (Å²) in [4.78, 5) is 35.3. The van der Waals surface area contributed by atoms with Crippen molar-refractivity contribution in [3.05, 3.63) is 87.2 Å². The Balaban J connectivity index is 1.36. The average molecular weight is 629 g/mol. The van der Waals surface area contributed by atoms with Crippen LogP contribution in [-0.2, 0) is 15.7 Å². The Morgan fingerprint density at radius 1 is 1.11 bits per heavy atom. The Hall–Kier alpha value is -4.19. The van der Waals surface area contributed by atoms with E-state index in [1.165, 1.54) is 74.4 Å². The van der Waals surface area contributed by atoms with E-state index in [9.17, 15) is 24.3 Å². The van der Waals surface area contributed by atoms with E-state index >= 15 is 0 Å². The summed E-state index contributed by atoms with van der Waals surface area (Å²) >= 11 is 0. The summed E-state index contributed by atoms with van der Waals surface area (Å²) in [6.07, 6.45) is 5.86. The molecular weight excluding hydrogens is 591 g/mol. The number of benzene rings is 2. The van der Waals surface area contributed by atoms with Gasteiger partial charge in [0.15, 0.2) is 0 Å². The number of nitro groups is 1. The van der Waals surface area contributed by atoms with Crippen LogP contribution in [0.5, 0.6) is 11.5 Å². The molecule has 4 rings (SSSR count). The quantitative estimate of drug-likeness (QED) is 0.122. The first-order valence-electron chi connectivity index (χ1n) is 14.3. The predicted octanol–water partition coefficient (Wildman–Crippen LogP) is 6.00. The fourth-order valence-electron chi connectivity index (χ4n) is 4.77. The second kappa shape index (κ2) is 14.5. The molecule has 0 saturated heterocycles. The average Bonchev–Trinajstić information content (AvgIpc) is 3.49. The lowest BCUT2D eigenvalue weighted by molar-refractivity contribution is -0.402. The molecule has 14 heteroatoms. The van der Waals surface area contributed by atoms with E-state index in [1.54, 1.807) is 25.1 Å². The number of carbonyl (C=O) groups excluding carboxylic acids is 2. The van der Waals surface area contributed by atoms with E-state index in [2.05, 4.69) is 5.32 Å². The van der Waals surface area contributed by atoms with Gasteiger partial charge >= 0.3 is 13.6 Å². The zero-order valence-corrected chi connectivity index (χ0v) is 25.8. The summed E-state index contributed by atoms with van der Waals surface area (Å²) in [5, 5.41) is 13.7. The highest BCUT2D eigenvalue weighted by Crippen LogP contribution is 2.50. The second-order valence-corrected chi connectivity index (χ2v) is 13.0. The third kappa shape index (κ3) is 8.46. The van der Waals surface area contributed by atoms with Crippen LogP contribution in [0, 0.1) is 16.0 Å². The molecule has 1 heterocycles. The number of ether oxygens (including phenoxy) is 1. The summed E-state index contributed by atoms with van der Waals surface area (Å²) in [6.45, 7) is 2.00. The van der Waals surface area contributed by atoms with Gasteiger partial charge in [0.05, 0.1) is 24.3 Å². The number of hydrogen-bond donors (Lipinski definition) is 2. The number of primary amides is 1. The molecule has 1 saturated carbocycles. The van der Waals surface area contributed by atoms with Gasteiger partial charge in [-0.3, -0.25) is 24.2 Å². The molecule has 236 valence electrons. The highest BCUT2D eigenvalue weighted by Gasteiger charge is 2.31. The molecule has 13 nitrogen and oxygen atoms in total. The van der Waals surface area contributed by atoms with Gasteiger partial charge in [0.25, 0.3) is 11.8 Å². The van der Waals surface area contributed by atoms with Crippen molar-refractivity contribution in [3.8, 4) is 11.5 Å². The minimum Gasteiger partial charge on any atom is -0.492 e. The number of nitrogens with two attached hydrogens (primary N) is 1. The van der Waals surface area contributed by atoms with Crippen molar-refractivity contribution in [2.75, 3.05) is 20.7 Å². The summed E-state index contributed by atoms with van der Waals surface area (Å²) < 4.78 is 36.7. The number of nitrogens with zero attached hydrogens (tertiary/aromatic N) is 2. The van der Waals surface area contributed by atoms with Gasteiger partial charge in [-0.05, 0) is 87.8 Å². The SMILES string of the molecule is CC(NC(=O)c1ccc(OP(=O)(OCc2ccc([N+](=O)[O-])o2)N(C)C)cc1)c1ccc(OCC2CCCCC2)c(C(N)=O)c1. The minimum absolute atomic E-state index is 0.105. The molecular formula is C30H37N4O9P. The van der Waals surface area contributed by atoms with Crippen LogP contribution in [0.25, 0.3) is 0 Å². The Kier molecular flexibility index (Phi) is 10.8. The van der Waals surface area contributed by atoms with Gasteiger partial charge < -0.3 is 24.7 Å². The molecule has 2 amide bonds. The molecule has 1 aliphatic carbocycles. The van der Waals surface area contributed by atoms with Gasteiger partial charge in [-0.15, -0.1) is 0 Å². The maximum Gasteiger partial charge on any atom is 0.461 e. The second-order valence-electron chi connectivity index (χ2n) is 10.8. The Bertz CT molecular complexity index is 1520. The number of carbonyl (C=O) groups is 2. The Morgan fingerprint density at radius 2 is 1.82 bits per heavy atom. The van der Waals surface area contributed by atoms with E-state index in [4.69, 9.17) is 23.9 Å². The minimum atomic E-state index is -3.87. The van der Waals surface area contributed by atoms with Gasteiger partial charge in [-0.1, -0.05) is 25.3 Å². The van der Waals surface area contributed by atoms with Gasteiger partial charge in [0, 0.05) is 5.56 Å². The molecule has 0 radical (unpaired) electrons. The van der Waals surface area contributed by atoms with Crippen LogP contribution in [0.1, 0.15) is 77.1 Å².